The lowest BCUT2D eigenvalue weighted by molar-refractivity contribution is -0.155. The van der Waals surface area contributed by atoms with Gasteiger partial charge in [-0.2, -0.15) is 0 Å². The fourth-order valence-electron chi connectivity index (χ4n) is 2.99. The monoisotopic (exact) mass is 625 g/mol. The van der Waals surface area contributed by atoms with Gasteiger partial charge in [0.15, 0.2) is 5.75 Å². The number of halogens is 3. The summed E-state index contributed by atoms with van der Waals surface area (Å²) in [6.07, 6.45) is -0.443. The first-order chi connectivity index (χ1) is 16.7. The molecule has 0 aliphatic carbocycles. The van der Waals surface area contributed by atoms with Crippen LogP contribution >= 0.6 is 43.5 Å². The third-order valence-electron chi connectivity index (χ3n) is 4.76. The molecule has 3 rings (SSSR count). The van der Waals surface area contributed by atoms with Crippen LogP contribution in [0, 0.1) is 0 Å². The second-order valence-electron chi connectivity index (χ2n) is 7.32. The number of phenolic OH excluding ortho intramolecular Hbond substituents is 1. The zero-order valence-electron chi connectivity index (χ0n) is 18.7. The minimum atomic E-state index is -1.07. The van der Waals surface area contributed by atoms with Crippen LogP contribution in [0.3, 0.4) is 0 Å². The van der Waals surface area contributed by atoms with E-state index in [-0.39, 0.29) is 17.9 Å². The summed E-state index contributed by atoms with van der Waals surface area (Å²) < 4.78 is 12.1. The Morgan fingerprint density at radius 1 is 1.11 bits per heavy atom. The lowest BCUT2D eigenvalue weighted by Crippen LogP contribution is -2.21. The number of rotatable bonds is 9. The number of benzene rings is 3. The zero-order valence-corrected chi connectivity index (χ0v) is 22.7. The molecule has 0 fully saturated rings. The number of nitrogens with zero attached hydrogens (tertiary/aromatic N) is 1. The Hall–Kier alpha value is -2.59. The highest BCUT2D eigenvalue weighted by Gasteiger charge is 2.18. The average Bonchev–Trinajstić information content (AvgIpc) is 2.82. The van der Waals surface area contributed by atoms with Crippen molar-refractivity contribution in [2.24, 2.45) is 5.16 Å². The number of carbonyl (C=O) groups excluding carboxylic acids is 1. The predicted octanol–water partition coefficient (Wildman–Crippen LogP) is 6.75. The van der Waals surface area contributed by atoms with Gasteiger partial charge in [0.25, 0.3) is 0 Å². The lowest BCUT2D eigenvalue weighted by atomic mass is 10.0. The number of hydrogen-bond acceptors (Lipinski definition) is 7. The van der Waals surface area contributed by atoms with Crippen LogP contribution < -0.4 is 4.74 Å². The summed E-state index contributed by atoms with van der Waals surface area (Å²) in [7, 11) is 0. The highest BCUT2D eigenvalue weighted by Crippen LogP contribution is 2.40. The number of carbonyl (C=O) groups is 1. The van der Waals surface area contributed by atoms with Crippen LogP contribution in [0.2, 0.25) is 5.02 Å². The van der Waals surface area contributed by atoms with Crippen LogP contribution in [0.25, 0.3) is 0 Å². The van der Waals surface area contributed by atoms with Crippen molar-refractivity contribution in [2.45, 2.75) is 26.1 Å². The topological polar surface area (TPSA) is 97.6 Å². The van der Waals surface area contributed by atoms with E-state index in [4.69, 9.17) is 25.9 Å². The van der Waals surface area contributed by atoms with E-state index >= 15 is 0 Å². The average molecular weight is 628 g/mol. The normalized spacial score (nSPS) is 12.9. The predicted molar refractivity (Wildman–Crippen MR) is 140 cm³/mol. The first kappa shape index (κ1) is 27.0. The van der Waals surface area contributed by atoms with Crippen molar-refractivity contribution in [3.63, 3.8) is 0 Å². The number of oxime groups is 1. The van der Waals surface area contributed by atoms with Crippen LogP contribution in [-0.2, 0) is 14.4 Å². The fourth-order valence-corrected chi connectivity index (χ4v) is 4.50. The summed E-state index contributed by atoms with van der Waals surface area (Å²) in [6, 6.07) is 14.8. The molecule has 0 radical (unpaired) electrons. The van der Waals surface area contributed by atoms with Crippen molar-refractivity contribution < 1.29 is 29.3 Å². The summed E-state index contributed by atoms with van der Waals surface area (Å²) >= 11 is 12.9. The lowest BCUT2D eigenvalue weighted by Gasteiger charge is -2.16. The Labute approximate surface area is 224 Å². The van der Waals surface area contributed by atoms with Crippen molar-refractivity contribution >= 4 is 55.6 Å². The van der Waals surface area contributed by atoms with Gasteiger partial charge in [-0.25, -0.2) is 4.79 Å². The molecule has 0 amide bonds. The van der Waals surface area contributed by atoms with E-state index in [0.717, 1.165) is 0 Å². The van der Waals surface area contributed by atoms with Crippen LogP contribution in [-0.4, -0.2) is 35.1 Å². The molecule has 2 N–H and O–H groups in total. The molecule has 0 spiro atoms. The Morgan fingerprint density at radius 2 is 1.77 bits per heavy atom. The molecule has 184 valence electrons. The molecular weight excluding hydrogens is 606 g/mol. The Bertz CT molecular complexity index is 1200. The number of esters is 1. The van der Waals surface area contributed by atoms with E-state index in [1.54, 1.807) is 62.4 Å². The Kier molecular flexibility index (Phi) is 9.56. The standard InChI is InChI=1S/C25H22Br2ClNO6/c1-3-33-25(32)14(2)35-29-13-15-10-20(26)24(21(27)11-15)34-18-8-9-22(30)19(12-18)23(31)16-4-6-17(28)7-5-16/h4-14,23,30-31H,3H2,1-2H3/b29-13+. The fraction of sp³-hybridized carbons (Fsp3) is 0.200. The minimum absolute atomic E-state index is 0.0680. The zero-order chi connectivity index (χ0) is 25.5. The maximum Gasteiger partial charge on any atom is 0.349 e. The van der Waals surface area contributed by atoms with E-state index in [0.29, 0.717) is 36.6 Å². The molecule has 0 aliphatic heterocycles. The summed E-state index contributed by atoms with van der Waals surface area (Å²) in [6.45, 7) is 3.53. The summed E-state index contributed by atoms with van der Waals surface area (Å²) in [4.78, 5) is 16.7. The summed E-state index contributed by atoms with van der Waals surface area (Å²) in [5.74, 6) is 0.313. The molecule has 0 saturated heterocycles. The van der Waals surface area contributed by atoms with E-state index in [9.17, 15) is 15.0 Å². The molecule has 3 aromatic carbocycles. The van der Waals surface area contributed by atoms with Gasteiger partial charge >= 0.3 is 5.97 Å². The van der Waals surface area contributed by atoms with E-state index < -0.39 is 18.2 Å². The number of phenols is 1. The van der Waals surface area contributed by atoms with Gasteiger partial charge in [-0.1, -0.05) is 28.9 Å². The van der Waals surface area contributed by atoms with Gasteiger partial charge in [0.2, 0.25) is 6.10 Å². The summed E-state index contributed by atoms with van der Waals surface area (Å²) in [5, 5.41) is 25.4. The van der Waals surface area contributed by atoms with Gasteiger partial charge < -0.3 is 24.5 Å². The van der Waals surface area contributed by atoms with Gasteiger partial charge in [0.1, 0.15) is 17.6 Å². The number of aliphatic hydroxyl groups is 1. The molecule has 3 aromatic rings. The number of aromatic hydroxyl groups is 1. The van der Waals surface area contributed by atoms with Crippen molar-refractivity contribution in [3.05, 3.63) is 85.3 Å². The van der Waals surface area contributed by atoms with Crippen LogP contribution in [0.1, 0.15) is 36.6 Å². The van der Waals surface area contributed by atoms with Crippen molar-refractivity contribution in [1.29, 1.82) is 0 Å². The molecule has 35 heavy (non-hydrogen) atoms. The maximum absolute atomic E-state index is 11.6. The Balaban J connectivity index is 1.77. The highest BCUT2D eigenvalue weighted by molar-refractivity contribution is 9.11. The molecule has 2 unspecified atom stereocenters. The molecular formula is C25H22Br2ClNO6. The van der Waals surface area contributed by atoms with Gasteiger partial charge in [-0.3, -0.25) is 0 Å². The molecule has 0 aliphatic rings. The molecule has 0 aromatic heterocycles. The second-order valence-corrected chi connectivity index (χ2v) is 9.47. The molecule has 10 heteroatoms. The van der Waals surface area contributed by atoms with Crippen molar-refractivity contribution in [3.8, 4) is 17.2 Å². The number of aliphatic hydroxyl groups excluding tert-OH is 1. The quantitative estimate of drug-likeness (QED) is 0.155. The van der Waals surface area contributed by atoms with Gasteiger partial charge in [0, 0.05) is 10.6 Å². The SMILES string of the molecule is CCOC(=O)C(C)O/N=C/c1cc(Br)c(Oc2ccc(O)c(C(O)c3ccc(Cl)cc3)c2)c(Br)c1. The highest BCUT2D eigenvalue weighted by atomic mass is 79.9. The van der Waals surface area contributed by atoms with Crippen LogP contribution in [0.4, 0.5) is 0 Å². The smallest absolute Gasteiger partial charge is 0.349 e. The van der Waals surface area contributed by atoms with E-state index in [1.165, 1.54) is 12.3 Å². The first-order valence-electron chi connectivity index (χ1n) is 10.5. The maximum atomic E-state index is 11.6. The number of ether oxygens (including phenoxy) is 2. The van der Waals surface area contributed by atoms with Crippen LogP contribution in [0.15, 0.2) is 68.7 Å². The van der Waals surface area contributed by atoms with Crippen molar-refractivity contribution in [2.75, 3.05) is 6.61 Å². The molecule has 2 atom stereocenters. The molecule has 0 bridgehead atoms. The van der Waals surface area contributed by atoms with Gasteiger partial charge in [-0.15, -0.1) is 0 Å². The van der Waals surface area contributed by atoms with E-state index in [1.807, 2.05) is 0 Å². The van der Waals surface area contributed by atoms with Crippen molar-refractivity contribution in [1.82, 2.24) is 0 Å². The van der Waals surface area contributed by atoms with Gasteiger partial charge in [0.05, 0.1) is 21.8 Å². The molecule has 7 nitrogen and oxygen atoms in total. The van der Waals surface area contributed by atoms with E-state index in [2.05, 4.69) is 37.0 Å². The second kappa shape index (κ2) is 12.4. The number of hydrogen-bond donors (Lipinski definition) is 2. The molecule has 0 heterocycles. The third-order valence-corrected chi connectivity index (χ3v) is 6.19. The van der Waals surface area contributed by atoms with Gasteiger partial charge in [-0.05, 0) is 99.3 Å². The Morgan fingerprint density at radius 3 is 2.40 bits per heavy atom. The van der Waals surface area contributed by atoms with Crippen LogP contribution in [0.5, 0.6) is 17.2 Å². The molecule has 0 saturated carbocycles. The summed E-state index contributed by atoms with van der Waals surface area (Å²) in [5.41, 5.74) is 1.54. The first-order valence-corrected chi connectivity index (χ1v) is 12.4. The largest absolute Gasteiger partial charge is 0.508 e. The minimum Gasteiger partial charge on any atom is -0.508 e. The third kappa shape index (κ3) is 7.20.